The van der Waals surface area contributed by atoms with Crippen LogP contribution in [-0.4, -0.2) is 14.3 Å². The third-order valence-electron chi connectivity index (χ3n) is 2.08. The van der Waals surface area contributed by atoms with Crippen molar-refractivity contribution in [2.24, 2.45) is 0 Å². The van der Waals surface area contributed by atoms with Crippen molar-refractivity contribution in [3.05, 3.63) is 47.4 Å². The van der Waals surface area contributed by atoms with Gasteiger partial charge in [0.05, 0.1) is 8.07 Å². The van der Waals surface area contributed by atoms with Gasteiger partial charge in [0.25, 0.3) is 0 Å². The highest BCUT2D eigenvalue weighted by molar-refractivity contribution is 6.81. The summed E-state index contributed by atoms with van der Waals surface area (Å²) in [5, 5.41) is 0. The minimum absolute atomic E-state index is 0.0589. The lowest BCUT2D eigenvalue weighted by atomic mass is 10.2. The van der Waals surface area contributed by atoms with Crippen molar-refractivity contribution in [2.45, 2.75) is 32.4 Å². The minimum Gasteiger partial charge on any atom is -0.485 e. The van der Waals surface area contributed by atoms with Crippen molar-refractivity contribution in [2.75, 3.05) is 0 Å². The third-order valence-corrected chi connectivity index (χ3v) is 3.21. The summed E-state index contributed by atoms with van der Waals surface area (Å²) in [7, 11) is -1.98. The lowest BCUT2D eigenvalue weighted by Gasteiger charge is -2.18. The van der Waals surface area contributed by atoms with E-state index in [2.05, 4.69) is 0 Å². The molecule has 0 bridgehead atoms. The smallest absolute Gasteiger partial charge is 0.448 e. The molecule has 1 nitrogen and oxygen atoms in total. The quantitative estimate of drug-likeness (QED) is 0.579. The first-order chi connectivity index (χ1) is 8.18. The topological polar surface area (TPSA) is 9.23 Å². The summed E-state index contributed by atoms with van der Waals surface area (Å²) in [6, 6.07) is 8.83. The van der Waals surface area contributed by atoms with Gasteiger partial charge in [0.2, 0.25) is 0 Å². The van der Waals surface area contributed by atoms with Gasteiger partial charge in [0.1, 0.15) is 6.61 Å². The van der Waals surface area contributed by atoms with Gasteiger partial charge in [-0.05, 0) is 11.3 Å². The van der Waals surface area contributed by atoms with Crippen LogP contribution in [0.5, 0.6) is 0 Å². The normalized spacial score (nSPS) is 13.6. The highest BCUT2D eigenvalue weighted by atomic mass is 28.3. The summed E-state index contributed by atoms with van der Waals surface area (Å²) in [4.78, 5) is 0. The molecule has 0 fully saturated rings. The molecule has 0 aliphatic heterocycles. The molecule has 0 aliphatic carbocycles. The van der Waals surface area contributed by atoms with Crippen LogP contribution in [0.4, 0.5) is 13.2 Å². The Morgan fingerprint density at radius 2 is 1.72 bits per heavy atom. The predicted molar refractivity (Wildman–Crippen MR) is 68.7 cm³/mol. The molecular formula is C13H17F3OSi. The summed E-state index contributed by atoms with van der Waals surface area (Å²) in [5.41, 5.74) is 1.97. The standard InChI is InChI=1S/C13H17F3OSi/c1-18(2,3)10-12(13(14,15)16)17-9-11-7-5-4-6-8-11/h4-8,10H,9H2,1-3H3/b12-10+. The van der Waals surface area contributed by atoms with E-state index in [-0.39, 0.29) is 6.61 Å². The van der Waals surface area contributed by atoms with E-state index >= 15 is 0 Å². The lowest BCUT2D eigenvalue weighted by molar-refractivity contribution is -0.132. The maximum absolute atomic E-state index is 12.8. The second kappa shape index (κ2) is 5.61. The van der Waals surface area contributed by atoms with Crippen molar-refractivity contribution in [3.63, 3.8) is 0 Å². The molecule has 0 aliphatic rings. The Morgan fingerprint density at radius 3 is 2.17 bits per heavy atom. The zero-order valence-electron chi connectivity index (χ0n) is 10.7. The molecule has 0 aromatic heterocycles. The molecule has 1 rings (SSSR count). The van der Waals surface area contributed by atoms with Crippen LogP contribution in [0.3, 0.4) is 0 Å². The Kier molecular flexibility index (Phi) is 4.62. The first kappa shape index (κ1) is 14.8. The van der Waals surface area contributed by atoms with E-state index < -0.39 is 20.0 Å². The van der Waals surface area contributed by atoms with E-state index in [1.807, 2.05) is 25.7 Å². The van der Waals surface area contributed by atoms with Crippen molar-refractivity contribution < 1.29 is 17.9 Å². The Balaban J connectivity index is 2.79. The molecule has 0 saturated heterocycles. The van der Waals surface area contributed by atoms with Crippen LogP contribution in [0.2, 0.25) is 19.6 Å². The Hall–Kier alpha value is -1.23. The SMILES string of the molecule is C[Si](C)(C)/C=C(/OCc1ccccc1)C(F)(F)F. The van der Waals surface area contributed by atoms with Crippen LogP contribution < -0.4 is 0 Å². The van der Waals surface area contributed by atoms with E-state index in [9.17, 15) is 13.2 Å². The number of allylic oxidation sites excluding steroid dienone is 1. The van der Waals surface area contributed by atoms with Gasteiger partial charge < -0.3 is 4.74 Å². The van der Waals surface area contributed by atoms with E-state index in [0.29, 0.717) is 0 Å². The van der Waals surface area contributed by atoms with Gasteiger partial charge in [0, 0.05) is 0 Å². The number of ether oxygens (including phenoxy) is 1. The molecule has 0 unspecified atom stereocenters. The zero-order valence-corrected chi connectivity index (χ0v) is 11.7. The summed E-state index contributed by atoms with van der Waals surface area (Å²) >= 11 is 0. The second-order valence-electron chi connectivity index (χ2n) is 5.15. The molecule has 0 heterocycles. The van der Waals surface area contributed by atoms with Crippen molar-refractivity contribution >= 4 is 8.07 Å². The number of benzene rings is 1. The molecule has 5 heteroatoms. The van der Waals surface area contributed by atoms with Gasteiger partial charge in [-0.15, -0.1) is 0 Å². The molecule has 1 aromatic carbocycles. The number of halogens is 3. The van der Waals surface area contributed by atoms with E-state index in [0.717, 1.165) is 5.56 Å². The van der Waals surface area contributed by atoms with E-state index in [1.165, 1.54) is 5.70 Å². The first-order valence-electron chi connectivity index (χ1n) is 5.65. The largest absolute Gasteiger partial charge is 0.485 e. The predicted octanol–water partition coefficient (Wildman–Crippen LogP) is 4.53. The van der Waals surface area contributed by atoms with Crippen LogP contribution in [0.1, 0.15) is 5.56 Å². The van der Waals surface area contributed by atoms with E-state index in [4.69, 9.17) is 4.74 Å². The van der Waals surface area contributed by atoms with Crippen molar-refractivity contribution in [1.29, 1.82) is 0 Å². The van der Waals surface area contributed by atoms with Crippen LogP contribution in [0.25, 0.3) is 0 Å². The summed E-state index contributed by atoms with van der Waals surface area (Å²) in [6.45, 7) is 5.45. The van der Waals surface area contributed by atoms with Crippen LogP contribution in [0, 0.1) is 0 Å². The van der Waals surface area contributed by atoms with Gasteiger partial charge in [0.15, 0.2) is 5.76 Å². The van der Waals surface area contributed by atoms with E-state index in [1.54, 1.807) is 24.3 Å². The monoisotopic (exact) mass is 274 g/mol. The first-order valence-corrected chi connectivity index (χ1v) is 9.23. The fraction of sp³-hybridized carbons (Fsp3) is 0.385. The maximum Gasteiger partial charge on any atom is 0.448 e. The van der Waals surface area contributed by atoms with Gasteiger partial charge in [-0.1, -0.05) is 50.0 Å². The minimum atomic E-state index is -4.42. The van der Waals surface area contributed by atoms with Crippen LogP contribution in [0.15, 0.2) is 41.8 Å². The molecule has 0 radical (unpaired) electrons. The Morgan fingerprint density at radius 1 is 1.17 bits per heavy atom. The summed E-state index contributed by atoms with van der Waals surface area (Å²) in [6.07, 6.45) is -4.42. The molecule has 100 valence electrons. The van der Waals surface area contributed by atoms with Gasteiger partial charge in [-0.25, -0.2) is 0 Å². The molecule has 1 aromatic rings. The average molecular weight is 274 g/mol. The van der Waals surface area contributed by atoms with Gasteiger partial charge in [-0.2, -0.15) is 13.2 Å². The van der Waals surface area contributed by atoms with Gasteiger partial charge in [-0.3, -0.25) is 0 Å². The molecule has 0 atom stereocenters. The highest BCUT2D eigenvalue weighted by Crippen LogP contribution is 2.29. The summed E-state index contributed by atoms with van der Waals surface area (Å²) < 4.78 is 43.3. The molecule has 0 amide bonds. The molecule has 0 saturated carbocycles. The number of hydrogen-bond acceptors (Lipinski definition) is 1. The lowest BCUT2D eigenvalue weighted by Crippen LogP contribution is -2.23. The molecular weight excluding hydrogens is 257 g/mol. The number of hydrogen-bond donors (Lipinski definition) is 0. The molecule has 0 spiro atoms. The molecule has 18 heavy (non-hydrogen) atoms. The third kappa shape index (κ3) is 5.40. The fourth-order valence-corrected chi connectivity index (χ4v) is 2.37. The number of alkyl halides is 3. The van der Waals surface area contributed by atoms with Gasteiger partial charge >= 0.3 is 6.18 Å². The average Bonchev–Trinajstić information content (AvgIpc) is 2.22. The highest BCUT2D eigenvalue weighted by Gasteiger charge is 2.37. The zero-order chi connectivity index (χ0) is 13.8. The second-order valence-corrected chi connectivity index (χ2v) is 10.2. The van der Waals surface area contributed by atoms with Crippen molar-refractivity contribution in [1.82, 2.24) is 0 Å². The Bertz CT molecular complexity index is 404. The number of rotatable bonds is 4. The maximum atomic E-state index is 12.8. The summed E-state index contributed by atoms with van der Waals surface area (Å²) in [5.74, 6) is -0.870. The molecule has 0 N–H and O–H groups in total. The Labute approximate surface area is 106 Å². The fourth-order valence-electron chi connectivity index (χ4n) is 1.33. The van der Waals surface area contributed by atoms with Crippen LogP contribution >= 0.6 is 0 Å². The van der Waals surface area contributed by atoms with Crippen LogP contribution in [-0.2, 0) is 11.3 Å². The van der Waals surface area contributed by atoms with Crippen molar-refractivity contribution in [3.8, 4) is 0 Å².